The second-order valence-electron chi connectivity index (χ2n) is 2.20. The molecule has 1 aromatic rings. The van der Waals surface area contributed by atoms with Gasteiger partial charge in [-0.15, -0.1) is 16.7 Å². The first-order valence-corrected chi connectivity index (χ1v) is 4.08. The van der Waals surface area contributed by atoms with Gasteiger partial charge in [0.05, 0.1) is 6.20 Å². The first-order valence-electron chi connectivity index (χ1n) is 3.54. The summed E-state index contributed by atoms with van der Waals surface area (Å²) in [5.41, 5.74) is 0. The van der Waals surface area contributed by atoms with Crippen molar-refractivity contribution in [1.82, 2.24) is 15.4 Å². The van der Waals surface area contributed by atoms with Crippen LogP contribution < -0.4 is 5.32 Å². The molecule has 0 saturated heterocycles. The number of amides is 1. The maximum absolute atomic E-state index is 11.0. The van der Waals surface area contributed by atoms with Crippen molar-refractivity contribution in [3.05, 3.63) is 6.20 Å². The molecule has 6 heteroatoms. The molecule has 2 N–H and O–H groups in total. The van der Waals surface area contributed by atoms with Crippen LogP contribution in [0.3, 0.4) is 0 Å². The number of alkyl halides is 1. The molecule has 1 rings (SSSR count). The monoisotopic (exact) mass is 188 g/mol. The van der Waals surface area contributed by atoms with E-state index in [9.17, 15) is 4.79 Å². The quantitative estimate of drug-likeness (QED) is 0.686. The number of carbonyl (C=O) groups excluding carboxylic acids is 1. The molecule has 1 aromatic heterocycles. The number of nitrogens with zero attached hydrogens (tertiary/aromatic N) is 2. The number of H-pyrrole nitrogens is 1. The minimum atomic E-state index is -0.0930. The standard InChI is InChI=1S/C6H9ClN4O/c7-3-1-2-6(12)9-5-4-8-11-10-5/h4H,1-3H2,(H2,8,9,10,11,12). The summed E-state index contributed by atoms with van der Waals surface area (Å²) in [7, 11) is 0. The number of halogens is 1. The highest BCUT2D eigenvalue weighted by atomic mass is 35.5. The zero-order chi connectivity index (χ0) is 8.81. The molecule has 12 heavy (non-hydrogen) atoms. The highest BCUT2D eigenvalue weighted by Gasteiger charge is 2.02. The Labute approximate surface area is 74.5 Å². The number of hydrogen-bond donors (Lipinski definition) is 2. The van der Waals surface area contributed by atoms with Gasteiger partial charge < -0.3 is 5.32 Å². The van der Waals surface area contributed by atoms with Crippen LogP contribution in [-0.4, -0.2) is 27.2 Å². The van der Waals surface area contributed by atoms with Crippen LogP contribution in [0.4, 0.5) is 5.82 Å². The minimum absolute atomic E-state index is 0.0930. The lowest BCUT2D eigenvalue weighted by Gasteiger charge is -1.97. The van der Waals surface area contributed by atoms with Crippen LogP contribution in [-0.2, 0) is 4.79 Å². The van der Waals surface area contributed by atoms with Crippen molar-refractivity contribution < 1.29 is 4.79 Å². The molecule has 0 aliphatic heterocycles. The van der Waals surface area contributed by atoms with Crippen molar-refractivity contribution in [2.45, 2.75) is 12.8 Å². The van der Waals surface area contributed by atoms with Crippen molar-refractivity contribution in [2.24, 2.45) is 0 Å². The lowest BCUT2D eigenvalue weighted by atomic mass is 10.3. The second kappa shape index (κ2) is 4.71. The summed E-state index contributed by atoms with van der Waals surface area (Å²) in [6.45, 7) is 0. The zero-order valence-electron chi connectivity index (χ0n) is 6.38. The van der Waals surface area contributed by atoms with Gasteiger partial charge in [0.1, 0.15) is 0 Å². The fraction of sp³-hybridized carbons (Fsp3) is 0.500. The third kappa shape index (κ3) is 2.87. The summed E-state index contributed by atoms with van der Waals surface area (Å²) in [6, 6.07) is 0. The molecular weight excluding hydrogens is 180 g/mol. The maximum Gasteiger partial charge on any atom is 0.225 e. The van der Waals surface area contributed by atoms with Crippen molar-refractivity contribution in [1.29, 1.82) is 0 Å². The molecule has 0 aromatic carbocycles. The minimum Gasteiger partial charge on any atom is -0.308 e. The van der Waals surface area contributed by atoms with Crippen molar-refractivity contribution in [3.8, 4) is 0 Å². The molecule has 0 fully saturated rings. The normalized spacial score (nSPS) is 9.75. The maximum atomic E-state index is 11.0. The molecule has 1 amide bonds. The average molecular weight is 189 g/mol. The topological polar surface area (TPSA) is 70.7 Å². The van der Waals surface area contributed by atoms with Gasteiger partial charge in [-0.1, -0.05) is 0 Å². The second-order valence-corrected chi connectivity index (χ2v) is 2.57. The van der Waals surface area contributed by atoms with Gasteiger partial charge in [0.15, 0.2) is 5.82 Å². The van der Waals surface area contributed by atoms with Gasteiger partial charge in [-0.05, 0) is 6.42 Å². The average Bonchev–Trinajstić information content (AvgIpc) is 2.53. The number of nitrogens with one attached hydrogen (secondary N) is 2. The molecule has 0 bridgehead atoms. The molecule has 66 valence electrons. The lowest BCUT2D eigenvalue weighted by Crippen LogP contribution is -2.11. The number of anilines is 1. The van der Waals surface area contributed by atoms with E-state index in [1.807, 2.05) is 0 Å². The molecule has 0 unspecified atom stereocenters. The van der Waals surface area contributed by atoms with E-state index in [4.69, 9.17) is 11.6 Å². The number of aromatic nitrogens is 3. The summed E-state index contributed by atoms with van der Waals surface area (Å²) in [5, 5.41) is 12.1. The van der Waals surface area contributed by atoms with E-state index in [0.717, 1.165) is 0 Å². The fourth-order valence-corrected chi connectivity index (χ4v) is 0.828. The number of carbonyl (C=O) groups is 1. The first-order chi connectivity index (χ1) is 5.83. The smallest absolute Gasteiger partial charge is 0.225 e. The first kappa shape index (κ1) is 8.99. The molecule has 0 saturated carbocycles. The highest BCUT2D eigenvalue weighted by Crippen LogP contribution is 1.99. The molecule has 1 heterocycles. The van der Waals surface area contributed by atoms with Crippen molar-refractivity contribution in [3.63, 3.8) is 0 Å². The summed E-state index contributed by atoms with van der Waals surface area (Å²) in [6.07, 6.45) is 2.53. The molecule has 0 atom stereocenters. The van der Waals surface area contributed by atoms with Gasteiger partial charge in [-0.2, -0.15) is 10.3 Å². The Morgan fingerprint density at radius 3 is 3.17 bits per heavy atom. The third-order valence-electron chi connectivity index (χ3n) is 1.22. The van der Waals surface area contributed by atoms with Gasteiger partial charge in [-0.3, -0.25) is 4.79 Å². The van der Waals surface area contributed by atoms with E-state index >= 15 is 0 Å². The van der Waals surface area contributed by atoms with Crippen LogP contribution in [0.1, 0.15) is 12.8 Å². The van der Waals surface area contributed by atoms with Gasteiger partial charge in [0.2, 0.25) is 5.91 Å². The Morgan fingerprint density at radius 1 is 1.75 bits per heavy atom. The van der Waals surface area contributed by atoms with Gasteiger partial charge >= 0.3 is 0 Å². The lowest BCUT2D eigenvalue weighted by molar-refractivity contribution is -0.116. The van der Waals surface area contributed by atoms with E-state index in [1.165, 1.54) is 6.20 Å². The van der Waals surface area contributed by atoms with E-state index in [-0.39, 0.29) is 5.91 Å². The van der Waals surface area contributed by atoms with Crippen LogP contribution in [0.25, 0.3) is 0 Å². The zero-order valence-corrected chi connectivity index (χ0v) is 7.14. The SMILES string of the molecule is O=C(CCCCl)Nc1cn[nH]n1. The molecule has 5 nitrogen and oxygen atoms in total. The number of rotatable bonds is 4. The van der Waals surface area contributed by atoms with Crippen molar-refractivity contribution >= 4 is 23.3 Å². The van der Waals surface area contributed by atoms with Crippen LogP contribution in [0, 0.1) is 0 Å². The highest BCUT2D eigenvalue weighted by molar-refractivity contribution is 6.18. The number of hydrogen-bond acceptors (Lipinski definition) is 3. The van der Waals surface area contributed by atoms with Crippen LogP contribution in [0.2, 0.25) is 0 Å². The Bertz CT molecular complexity index is 236. The molecule has 0 aliphatic carbocycles. The van der Waals surface area contributed by atoms with Gasteiger partial charge in [0.25, 0.3) is 0 Å². The predicted molar refractivity (Wildman–Crippen MR) is 45.0 cm³/mol. The van der Waals surface area contributed by atoms with Gasteiger partial charge in [0, 0.05) is 12.3 Å². The van der Waals surface area contributed by atoms with Crippen LogP contribution in [0.15, 0.2) is 6.20 Å². The van der Waals surface area contributed by atoms with E-state index < -0.39 is 0 Å². The Balaban J connectivity index is 2.27. The van der Waals surface area contributed by atoms with E-state index in [0.29, 0.717) is 24.5 Å². The summed E-state index contributed by atoms with van der Waals surface area (Å²) in [4.78, 5) is 11.0. The van der Waals surface area contributed by atoms with Crippen LogP contribution in [0.5, 0.6) is 0 Å². The van der Waals surface area contributed by atoms with Gasteiger partial charge in [-0.25, -0.2) is 0 Å². The van der Waals surface area contributed by atoms with E-state index in [2.05, 4.69) is 20.7 Å². The Kier molecular flexibility index (Phi) is 3.53. The molecule has 0 aliphatic rings. The fourth-order valence-electron chi connectivity index (χ4n) is 0.695. The molecule has 0 radical (unpaired) electrons. The predicted octanol–water partition coefficient (Wildman–Crippen LogP) is 0.762. The summed E-state index contributed by atoms with van der Waals surface area (Å²) in [5.74, 6) is 0.839. The van der Waals surface area contributed by atoms with E-state index in [1.54, 1.807) is 0 Å². The third-order valence-corrected chi connectivity index (χ3v) is 1.49. The Morgan fingerprint density at radius 2 is 2.58 bits per heavy atom. The Hall–Kier alpha value is -1.10. The summed E-state index contributed by atoms with van der Waals surface area (Å²) < 4.78 is 0. The molecule has 0 spiro atoms. The number of aromatic amines is 1. The largest absolute Gasteiger partial charge is 0.308 e. The molecular formula is C6H9ClN4O. The van der Waals surface area contributed by atoms with Crippen molar-refractivity contribution in [2.75, 3.05) is 11.2 Å². The van der Waals surface area contributed by atoms with Crippen LogP contribution >= 0.6 is 11.6 Å². The summed E-state index contributed by atoms with van der Waals surface area (Å²) >= 11 is 5.41.